The molecule has 1 N–H and O–H groups in total. The van der Waals surface area contributed by atoms with Crippen LogP contribution in [0.1, 0.15) is 43.6 Å². The zero-order valence-corrected chi connectivity index (χ0v) is 18.8. The van der Waals surface area contributed by atoms with Crippen molar-refractivity contribution in [2.24, 2.45) is 0 Å². The van der Waals surface area contributed by atoms with Crippen molar-refractivity contribution >= 4 is 44.1 Å². The van der Waals surface area contributed by atoms with Gasteiger partial charge in [0, 0.05) is 41.6 Å². The number of halogens is 2. The molecule has 2 aliphatic heterocycles. The predicted octanol–water partition coefficient (Wildman–Crippen LogP) is 4.50. The van der Waals surface area contributed by atoms with E-state index in [0.29, 0.717) is 23.0 Å². The Labute approximate surface area is 185 Å². The number of nitrogens with zero attached hydrogens (tertiary/aromatic N) is 3. The summed E-state index contributed by atoms with van der Waals surface area (Å²) < 4.78 is 36.6. The van der Waals surface area contributed by atoms with Crippen LogP contribution in [0.2, 0.25) is 10.0 Å². The topological polar surface area (TPSA) is 78.2 Å². The molecule has 0 spiro atoms. The highest BCUT2D eigenvalue weighted by Gasteiger charge is 2.33. The molecule has 1 saturated heterocycles. The molecule has 7 nitrogen and oxygen atoms in total. The second kappa shape index (κ2) is 7.53. The molecule has 5 rings (SSSR count). The molecular weight excluding hydrogens is 447 g/mol. The molecule has 1 fully saturated rings. The molecule has 2 atom stereocenters. The van der Waals surface area contributed by atoms with Crippen LogP contribution in [0.15, 0.2) is 24.5 Å². The number of hydrogen-bond donors (Lipinski definition) is 1. The summed E-state index contributed by atoms with van der Waals surface area (Å²) in [6, 6.07) is 3.38. The van der Waals surface area contributed by atoms with Gasteiger partial charge in [0.05, 0.1) is 34.1 Å². The Morgan fingerprint density at radius 3 is 2.80 bits per heavy atom. The summed E-state index contributed by atoms with van der Waals surface area (Å²) >= 11 is 12.9. The number of aryl methyl sites for hydroxylation is 1. The van der Waals surface area contributed by atoms with E-state index in [1.165, 1.54) is 6.26 Å². The summed E-state index contributed by atoms with van der Waals surface area (Å²) in [4.78, 5) is 0. The highest BCUT2D eigenvalue weighted by molar-refractivity contribution is 7.88. The number of aromatic nitrogens is 3. The number of sulfonamides is 1. The Morgan fingerprint density at radius 1 is 1.23 bits per heavy atom. The lowest BCUT2D eigenvalue weighted by atomic mass is 10.0. The van der Waals surface area contributed by atoms with E-state index < -0.39 is 10.0 Å². The van der Waals surface area contributed by atoms with Gasteiger partial charge in [-0.1, -0.05) is 29.3 Å². The Kier molecular flexibility index (Phi) is 5.10. The maximum Gasteiger partial charge on any atom is 0.209 e. The Bertz CT molecular complexity index is 1230. The lowest BCUT2D eigenvalue weighted by Crippen LogP contribution is -2.26. The molecule has 2 unspecified atom stereocenters. The minimum absolute atomic E-state index is 0.0719. The zero-order chi connectivity index (χ0) is 21.0. The van der Waals surface area contributed by atoms with Crippen LogP contribution in [0.4, 0.5) is 0 Å². The molecule has 10 heteroatoms. The van der Waals surface area contributed by atoms with Crippen LogP contribution < -0.4 is 4.72 Å². The van der Waals surface area contributed by atoms with E-state index in [0.717, 1.165) is 53.6 Å². The first kappa shape index (κ1) is 20.3. The van der Waals surface area contributed by atoms with Gasteiger partial charge in [0.15, 0.2) is 0 Å². The van der Waals surface area contributed by atoms with Gasteiger partial charge in [-0.25, -0.2) is 17.8 Å². The molecule has 0 saturated carbocycles. The second-order valence-electron chi connectivity index (χ2n) is 7.93. The van der Waals surface area contributed by atoms with Crippen LogP contribution in [0.5, 0.6) is 0 Å². The van der Waals surface area contributed by atoms with E-state index in [2.05, 4.69) is 14.4 Å². The van der Waals surface area contributed by atoms with Crippen molar-refractivity contribution in [3.8, 4) is 11.1 Å². The first-order valence-corrected chi connectivity index (χ1v) is 12.6. The fourth-order valence-corrected chi connectivity index (χ4v) is 5.79. The number of ether oxygens (including phenoxy) is 1. The van der Waals surface area contributed by atoms with Gasteiger partial charge < -0.3 is 9.30 Å². The fourth-order valence-electron chi connectivity index (χ4n) is 4.62. The molecule has 2 aliphatic rings. The number of nitrogens with one attached hydrogen (secondary N) is 1. The molecular formula is C20H22Cl2N4O3S. The van der Waals surface area contributed by atoms with Crippen LogP contribution in [-0.2, 0) is 21.3 Å². The monoisotopic (exact) mass is 468 g/mol. The molecule has 0 radical (unpaired) electrons. The van der Waals surface area contributed by atoms with Crippen LogP contribution in [0.3, 0.4) is 0 Å². The number of fused-ring (bicyclic) bond motifs is 3. The third-order valence-electron chi connectivity index (χ3n) is 5.82. The third kappa shape index (κ3) is 3.44. The lowest BCUT2D eigenvalue weighted by molar-refractivity contribution is -0.0394. The molecule has 0 bridgehead atoms. The summed E-state index contributed by atoms with van der Waals surface area (Å²) in [6.07, 6.45) is 8.65. The van der Waals surface area contributed by atoms with E-state index in [4.69, 9.17) is 27.9 Å². The summed E-state index contributed by atoms with van der Waals surface area (Å²) in [7, 11) is -3.38. The number of benzene rings is 1. The quantitative estimate of drug-likeness (QED) is 0.610. The normalized spacial score (nSPS) is 22.0. The van der Waals surface area contributed by atoms with E-state index in [1.807, 2.05) is 23.1 Å². The van der Waals surface area contributed by atoms with Gasteiger partial charge in [-0.15, -0.1) is 0 Å². The van der Waals surface area contributed by atoms with Crippen molar-refractivity contribution in [1.82, 2.24) is 19.1 Å². The number of rotatable bonds is 4. The smallest absolute Gasteiger partial charge is 0.209 e. The highest BCUT2D eigenvalue weighted by atomic mass is 35.5. The summed E-state index contributed by atoms with van der Waals surface area (Å²) in [5, 5.41) is 6.44. The first-order valence-electron chi connectivity index (χ1n) is 9.97. The SMILES string of the molecule is CS(=O)(=O)NC1CCn2c1c(-c1cnn(C3CCCCO3)c1)c1ccc(Cl)c(Cl)c12. The van der Waals surface area contributed by atoms with E-state index in [-0.39, 0.29) is 12.3 Å². The molecule has 0 aliphatic carbocycles. The Hall–Kier alpha value is -1.58. The average Bonchev–Trinajstić information content (AvgIpc) is 3.40. The summed E-state index contributed by atoms with van der Waals surface area (Å²) in [5.41, 5.74) is 3.56. The van der Waals surface area contributed by atoms with Gasteiger partial charge in [0.1, 0.15) is 6.23 Å². The van der Waals surface area contributed by atoms with Gasteiger partial charge in [0.25, 0.3) is 0 Å². The minimum atomic E-state index is -3.38. The molecule has 30 heavy (non-hydrogen) atoms. The standard InChI is InChI=1S/C20H22Cl2N4O3S/c1-30(27,28)24-15-7-8-25-19-13(5-6-14(21)18(19)22)17(20(15)25)12-10-23-26(11-12)16-4-2-3-9-29-16/h5-6,10-11,15-16,24H,2-4,7-9H2,1H3. The first-order chi connectivity index (χ1) is 14.3. The van der Waals surface area contributed by atoms with Crippen molar-refractivity contribution < 1.29 is 13.2 Å². The van der Waals surface area contributed by atoms with Crippen LogP contribution in [-0.4, -0.2) is 35.6 Å². The van der Waals surface area contributed by atoms with Gasteiger partial charge >= 0.3 is 0 Å². The largest absolute Gasteiger partial charge is 0.357 e. The fraction of sp³-hybridized carbons (Fsp3) is 0.450. The number of hydrogen-bond acceptors (Lipinski definition) is 4. The van der Waals surface area contributed by atoms with Gasteiger partial charge in [-0.05, 0) is 31.7 Å². The Balaban J connectivity index is 1.69. The maximum atomic E-state index is 12.0. The van der Waals surface area contributed by atoms with Gasteiger partial charge in [-0.3, -0.25) is 0 Å². The average molecular weight is 469 g/mol. The molecule has 0 amide bonds. The second-order valence-corrected chi connectivity index (χ2v) is 10.5. The summed E-state index contributed by atoms with van der Waals surface area (Å²) in [5.74, 6) is 0. The molecule has 4 heterocycles. The highest BCUT2D eigenvalue weighted by Crippen LogP contribution is 2.46. The van der Waals surface area contributed by atoms with Crippen LogP contribution in [0.25, 0.3) is 22.0 Å². The predicted molar refractivity (Wildman–Crippen MR) is 117 cm³/mol. The van der Waals surface area contributed by atoms with Crippen molar-refractivity contribution in [1.29, 1.82) is 0 Å². The van der Waals surface area contributed by atoms with Gasteiger partial charge in [0.2, 0.25) is 10.0 Å². The summed E-state index contributed by atoms with van der Waals surface area (Å²) in [6.45, 7) is 1.39. The molecule has 160 valence electrons. The Morgan fingerprint density at radius 2 is 2.07 bits per heavy atom. The molecule has 1 aromatic carbocycles. The van der Waals surface area contributed by atoms with E-state index in [9.17, 15) is 8.42 Å². The molecule has 3 aromatic rings. The maximum absolute atomic E-state index is 12.0. The van der Waals surface area contributed by atoms with Crippen LogP contribution >= 0.6 is 23.2 Å². The van der Waals surface area contributed by atoms with Crippen molar-refractivity contribution in [2.45, 2.75) is 44.5 Å². The van der Waals surface area contributed by atoms with E-state index in [1.54, 1.807) is 6.07 Å². The van der Waals surface area contributed by atoms with Crippen molar-refractivity contribution in [2.75, 3.05) is 12.9 Å². The van der Waals surface area contributed by atoms with Crippen LogP contribution in [0, 0.1) is 0 Å². The molecule has 2 aromatic heterocycles. The van der Waals surface area contributed by atoms with Gasteiger partial charge in [-0.2, -0.15) is 5.10 Å². The van der Waals surface area contributed by atoms with Crippen molar-refractivity contribution in [3.05, 3.63) is 40.3 Å². The van der Waals surface area contributed by atoms with Crippen molar-refractivity contribution in [3.63, 3.8) is 0 Å². The van der Waals surface area contributed by atoms with E-state index >= 15 is 0 Å². The third-order valence-corrected chi connectivity index (χ3v) is 7.33. The lowest BCUT2D eigenvalue weighted by Gasteiger charge is -2.22. The minimum Gasteiger partial charge on any atom is -0.357 e. The zero-order valence-electron chi connectivity index (χ0n) is 16.4.